The zero-order chi connectivity index (χ0) is 6.69. The van der Waals surface area contributed by atoms with Crippen LogP contribution in [0, 0.1) is 0 Å². The third-order valence-electron chi connectivity index (χ3n) is 0.863. The van der Waals surface area contributed by atoms with Gasteiger partial charge in [0.05, 0.1) is 0 Å². The summed E-state index contributed by atoms with van der Waals surface area (Å²) < 4.78 is 3.96. The molecule has 1 heterocycles. The minimum absolute atomic E-state index is 0.671. The van der Waals surface area contributed by atoms with Crippen molar-refractivity contribution in [1.82, 2.24) is 9.36 Å². The van der Waals surface area contributed by atoms with Crippen LogP contribution in [0.4, 0.5) is 11.1 Å². The molecule has 2 N–H and O–H groups in total. The van der Waals surface area contributed by atoms with E-state index < -0.39 is 0 Å². The van der Waals surface area contributed by atoms with Crippen molar-refractivity contribution in [2.75, 3.05) is 24.7 Å². The molecule has 50 valence electrons. The van der Waals surface area contributed by atoms with Crippen LogP contribution in [-0.4, -0.2) is 23.5 Å². The van der Waals surface area contributed by atoms with Crippen molar-refractivity contribution in [3.8, 4) is 0 Å². The normalized spacial score (nSPS) is 9.11. The second-order valence-corrected chi connectivity index (χ2v) is 2.17. The fourth-order valence-corrected chi connectivity index (χ4v) is 0.950. The Morgan fingerprint density at radius 1 is 1.33 bits per heavy atom. The van der Waals surface area contributed by atoms with Crippen molar-refractivity contribution in [2.24, 2.45) is 0 Å². The van der Waals surface area contributed by atoms with Crippen LogP contribution in [0.1, 0.15) is 0 Å². The van der Waals surface area contributed by atoms with Gasteiger partial charge in [-0.2, -0.15) is 9.36 Å². The second kappa shape index (κ2) is 2.63. The van der Waals surface area contributed by atoms with Gasteiger partial charge in [0, 0.05) is 25.6 Å². The van der Waals surface area contributed by atoms with Gasteiger partial charge in [0.1, 0.15) is 0 Å². The van der Waals surface area contributed by atoms with Gasteiger partial charge in [0.2, 0.25) is 11.1 Å². The number of nitrogens with one attached hydrogen (secondary N) is 2. The molecule has 9 heavy (non-hydrogen) atoms. The Morgan fingerprint density at radius 2 is 2.11 bits per heavy atom. The average Bonchev–Trinajstić information content (AvgIpc) is 2.34. The maximum absolute atomic E-state index is 4.03. The first kappa shape index (κ1) is 6.28. The summed E-state index contributed by atoms with van der Waals surface area (Å²) >= 11 is 1.34. The number of nitrogens with zero attached hydrogens (tertiary/aromatic N) is 2. The summed E-state index contributed by atoms with van der Waals surface area (Å²) in [7, 11) is 3.61. The van der Waals surface area contributed by atoms with Gasteiger partial charge in [-0.15, -0.1) is 0 Å². The Labute approximate surface area is 57.5 Å². The highest BCUT2D eigenvalue weighted by Crippen LogP contribution is 2.11. The summed E-state index contributed by atoms with van der Waals surface area (Å²) in [6, 6.07) is 0. The molecule has 5 heteroatoms. The molecule has 0 spiro atoms. The molecular weight excluding hydrogens is 136 g/mol. The molecule has 0 aliphatic heterocycles. The smallest absolute Gasteiger partial charge is 0.236 e. The summed E-state index contributed by atoms with van der Waals surface area (Å²) in [4.78, 5) is 4.03. The van der Waals surface area contributed by atoms with Gasteiger partial charge in [-0.3, -0.25) is 0 Å². The molecule has 0 saturated carbocycles. The third kappa shape index (κ3) is 1.29. The molecule has 0 fully saturated rings. The van der Waals surface area contributed by atoms with Gasteiger partial charge in [-0.05, 0) is 0 Å². The van der Waals surface area contributed by atoms with Crippen LogP contribution < -0.4 is 10.6 Å². The topological polar surface area (TPSA) is 49.8 Å². The number of hydrogen-bond donors (Lipinski definition) is 2. The minimum Gasteiger partial charge on any atom is -0.363 e. The molecular formula is C4H8N4S. The predicted molar refractivity (Wildman–Crippen MR) is 39.0 cm³/mol. The molecule has 1 aromatic heterocycles. The van der Waals surface area contributed by atoms with Crippen LogP contribution in [0.2, 0.25) is 0 Å². The molecule has 0 unspecified atom stereocenters. The van der Waals surface area contributed by atoms with Crippen molar-refractivity contribution < 1.29 is 0 Å². The Hall–Kier alpha value is -0.840. The van der Waals surface area contributed by atoms with Gasteiger partial charge in [-0.25, -0.2) is 0 Å². The molecule has 0 atom stereocenters. The Bertz CT molecular complexity index is 166. The van der Waals surface area contributed by atoms with E-state index in [4.69, 9.17) is 0 Å². The molecule has 0 aliphatic rings. The van der Waals surface area contributed by atoms with E-state index in [0.717, 1.165) is 5.13 Å². The highest BCUT2D eigenvalue weighted by atomic mass is 32.1. The fraction of sp³-hybridized carbons (Fsp3) is 0.500. The lowest BCUT2D eigenvalue weighted by molar-refractivity contribution is 1.26. The van der Waals surface area contributed by atoms with Crippen molar-refractivity contribution in [3.63, 3.8) is 0 Å². The lowest BCUT2D eigenvalue weighted by atomic mass is 11.0. The van der Waals surface area contributed by atoms with Gasteiger partial charge in [0.15, 0.2) is 0 Å². The molecule has 0 aliphatic carbocycles. The molecule has 1 aromatic rings. The van der Waals surface area contributed by atoms with E-state index >= 15 is 0 Å². The lowest BCUT2D eigenvalue weighted by Crippen LogP contribution is -1.90. The largest absolute Gasteiger partial charge is 0.363 e. The van der Waals surface area contributed by atoms with Gasteiger partial charge < -0.3 is 10.6 Å². The number of aromatic nitrogens is 2. The van der Waals surface area contributed by atoms with E-state index in [0.29, 0.717) is 5.95 Å². The van der Waals surface area contributed by atoms with Crippen molar-refractivity contribution >= 4 is 22.6 Å². The van der Waals surface area contributed by atoms with Gasteiger partial charge >= 0.3 is 0 Å². The SMILES string of the molecule is CNc1nsc(NC)n1. The summed E-state index contributed by atoms with van der Waals surface area (Å²) in [5, 5.41) is 6.55. The fourth-order valence-electron chi connectivity index (χ4n) is 0.427. The molecule has 0 bridgehead atoms. The first-order chi connectivity index (χ1) is 4.36. The van der Waals surface area contributed by atoms with E-state index in [9.17, 15) is 0 Å². The number of anilines is 2. The van der Waals surface area contributed by atoms with Gasteiger partial charge in [0.25, 0.3) is 0 Å². The van der Waals surface area contributed by atoms with Crippen molar-refractivity contribution in [1.29, 1.82) is 0 Å². The third-order valence-corrected chi connectivity index (χ3v) is 1.60. The van der Waals surface area contributed by atoms with Gasteiger partial charge in [-0.1, -0.05) is 0 Å². The standard InChI is InChI=1S/C4H8N4S/c1-5-3-7-4(6-2)9-8-3/h1-2H3,(H2,5,6,7,8). The maximum Gasteiger partial charge on any atom is 0.236 e. The average molecular weight is 144 g/mol. The molecule has 0 aromatic carbocycles. The monoisotopic (exact) mass is 144 g/mol. The number of hydrogen-bond acceptors (Lipinski definition) is 5. The molecule has 1 rings (SSSR count). The van der Waals surface area contributed by atoms with Crippen LogP contribution in [-0.2, 0) is 0 Å². The Morgan fingerprint density at radius 3 is 2.44 bits per heavy atom. The lowest BCUT2D eigenvalue weighted by Gasteiger charge is -1.86. The molecule has 0 saturated heterocycles. The Kier molecular flexibility index (Phi) is 1.84. The first-order valence-corrected chi connectivity index (χ1v) is 3.33. The zero-order valence-electron chi connectivity index (χ0n) is 5.30. The molecule has 4 nitrogen and oxygen atoms in total. The van der Waals surface area contributed by atoms with E-state index in [1.54, 1.807) is 7.05 Å². The van der Waals surface area contributed by atoms with E-state index in [1.807, 2.05) is 7.05 Å². The highest BCUT2D eigenvalue weighted by Gasteiger charge is 1.96. The first-order valence-electron chi connectivity index (χ1n) is 2.56. The van der Waals surface area contributed by atoms with Crippen LogP contribution in [0.5, 0.6) is 0 Å². The van der Waals surface area contributed by atoms with Crippen molar-refractivity contribution in [3.05, 3.63) is 0 Å². The van der Waals surface area contributed by atoms with Crippen molar-refractivity contribution in [2.45, 2.75) is 0 Å². The Balaban J connectivity index is 2.74. The summed E-state index contributed by atoms with van der Waals surface area (Å²) in [6.45, 7) is 0. The summed E-state index contributed by atoms with van der Waals surface area (Å²) in [6.07, 6.45) is 0. The van der Waals surface area contributed by atoms with Crippen LogP contribution in [0.15, 0.2) is 0 Å². The molecule has 0 radical (unpaired) electrons. The van der Waals surface area contributed by atoms with Crippen LogP contribution >= 0.6 is 11.5 Å². The predicted octanol–water partition coefficient (Wildman–Crippen LogP) is 0.621. The van der Waals surface area contributed by atoms with Crippen LogP contribution in [0.3, 0.4) is 0 Å². The van der Waals surface area contributed by atoms with E-state index in [1.165, 1.54) is 11.5 Å². The maximum atomic E-state index is 4.03. The van der Waals surface area contributed by atoms with E-state index in [2.05, 4.69) is 20.0 Å². The van der Waals surface area contributed by atoms with Crippen LogP contribution in [0.25, 0.3) is 0 Å². The summed E-state index contributed by atoms with van der Waals surface area (Å²) in [5.74, 6) is 0.671. The molecule has 0 amide bonds. The summed E-state index contributed by atoms with van der Waals surface area (Å²) in [5.41, 5.74) is 0. The highest BCUT2D eigenvalue weighted by molar-refractivity contribution is 7.09. The zero-order valence-corrected chi connectivity index (χ0v) is 6.12. The quantitative estimate of drug-likeness (QED) is 0.639. The van der Waals surface area contributed by atoms with E-state index in [-0.39, 0.29) is 0 Å². The number of rotatable bonds is 2. The minimum atomic E-state index is 0.671. The second-order valence-electron chi connectivity index (χ2n) is 1.42.